The van der Waals surface area contributed by atoms with Crippen LogP contribution in [0.2, 0.25) is 0 Å². The van der Waals surface area contributed by atoms with Crippen molar-refractivity contribution in [2.45, 2.75) is 19.9 Å². The highest BCUT2D eigenvalue weighted by molar-refractivity contribution is 7.13. The van der Waals surface area contributed by atoms with E-state index in [0.717, 1.165) is 40.4 Å². The van der Waals surface area contributed by atoms with Crippen LogP contribution in [0, 0.1) is 0 Å². The number of aromatic hydroxyl groups is 1. The van der Waals surface area contributed by atoms with Crippen molar-refractivity contribution >= 4 is 17.3 Å². The third kappa shape index (κ3) is 2.57. The number of fused-ring (bicyclic) bond motifs is 3. The smallest absolute Gasteiger partial charge is 0.340 e. The Bertz CT molecular complexity index is 972. The predicted molar refractivity (Wildman–Crippen MR) is 101 cm³/mol. The van der Waals surface area contributed by atoms with Gasteiger partial charge in [-0.3, -0.25) is 0 Å². The van der Waals surface area contributed by atoms with Crippen molar-refractivity contribution in [3.05, 3.63) is 46.8 Å². The first-order valence-corrected chi connectivity index (χ1v) is 9.36. The molecule has 0 saturated heterocycles. The third-order valence-electron chi connectivity index (χ3n) is 4.63. The second kappa shape index (κ2) is 6.53. The summed E-state index contributed by atoms with van der Waals surface area (Å²) in [6.45, 7) is 2.89. The van der Waals surface area contributed by atoms with Crippen LogP contribution in [-0.2, 0) is 17.7 Å². The zero-order valence-electron chi connectivity index (χ0n) is 14.6. The van der Waals surface area contributed by atoms with Crippen LogP contribution < -0.4 is 4.74 Å². The number of phenolic OH excluding ortho intramolecular Hbond substituents is 1. The molecule has 1 aliphatic heterocycles. The molecular formula is C20H19NO4S. The number of esters is 1. The number of nitrogens with zero attached hydrogens (tertiary/aromatic N) is 1. The Balaban J connectivity index is 1.94. The minimum atomic E-state index is -0.322. The number of benzene rings is 1. The minimum absolute atomic E-state index is 0.0938. The number of carbonyl (C=O) groups excluding carboxylic acids is 1. The van der Waals surface area contributed by atoms with E-state index >= 15 is 0 Å². The topological polar surface area (TPSA) is 60.7 Å². The molecule has 3 heterocycles. The molecule has 0 bridgehead atoms. The van der Waals surface area contributed by atoms with E-state index in [9.17, 15) is 9.90 Å². The van der Waals surface area contributed by atoms with E-state index in [1.165, 1.54) is 0 Å². The van der Waals surface area contributed by atoms with E-state index in [1.54, 1.807) is 31.4 Å². The van der Waals surface area contributed by atoms with Crippen molar-refractivity contribution in [1.82, 2.24) is 4.57 Å². The number of hydrogen-bond donors (Lipinski definition) is 1. The van der Waals surface area contributed by atoms with Crippen LogP contribution in [-0.4, -0.2) is 29.4 Å². The molecule has 0 atom stereocenters. The predicted octanol–water partition coefficient (Wildman–Crippen LogP) is 4.33. The fourth-order valence-electron chi connectivity index (χ4n) is 3.50. The largest absolute Gasteiger partial charge is 0.504 e. The standard InChI is InChI=1S/C20H19NO4S/c1-3-25-20(23)14-10-15-13-11-16(22)17(24-2)9-12(13)6-7-21(15)19(14)18-5-4-8-26-18/h4-5,8-11,22H,3,6-7H2,1-2H3. The Labute approximate surface area is 155 Å². The number of aromatic nitrogens is 1. The zero-order valence-corrected chi connectivity index (χ0v) is 15.4. The highest BCUT2D eigenvalue weighted by Gasteiger charge is 2.28. The lowest BCUT2D eigenvalue weighted by Crippen LogP contribution is -2.12. The second-order valence-corrected chi connectivity index (χ2v) is 7.02. The van der Waals surface area contributed by atoms with Crippen molar-refractivity contribution in [3.63, 3.8) is 0 Å². The van der Waals surface area contributed by atoms with Crippen LogP contribution in [0.1, 0.15) is 22.8 Å². The number of aryl methyl sites for hydroxylation is 1. The molecule has 26 heavy (non-hydrogen) atoms. The van der Waals surface area contributed by atoms with Gasteiger partial charge in [-0.15, -0.1) is 11.3 Å². The van der Waals surface area contributed by atoms with Crippen LogP contribution in [0.15, 0.2) is 35.7 Å². The highest BCUT2D eigenvalue weighted by atomic mass is 32.1. The summed E-state index contributed by atoms with van der Waals surface area (Å²) in [6, 6.07) is 9.44. The number of rotatable bonds is 4. The minimum Gasteiger partial charge on any atom is -0.504 e. The number of thiophene rings is 1. The van der Waals surface area contributed by atoms with E-state index in [4.69, 9.17) is 9.47 Å². The van der Waals surface area contributed by atoms with E-state index in [2.05, 4.69) is 4.57 Å². The summed E-state index contributed by atoms with van der Waals surface area (Å²) in [5, 5.41) is 12.2. The van der Waals surface area contributed by atoms with Crippen LogP contribution in [0.4, 0.5) is 0 Å². The van der Waals surface area contributed by atoms with Gasteiger partial charge in [-0.05, 0) is 48.6 Å². The number of hydrogen-bond acceptors (Lipinski definition) is 5. The van der Waals surface area contributed by atoms with Gasteiger partial charge in [0.2, 0.25) is 0 Å². The molecule has 6 heteroatoms. The number of phenols is 1. The highest BCUT2D eigenvalue weighted by Crippen LogP contribution is 2.42. The van der Waals surface area contributed by atoms with Crippen molar-refractivity contribution in [3.8, 4) is 33.3 Å². The van der Waals surface area contributed by atoms with Gasteiger partial charge in [0.1, 0.15) is 0 Å². The molecule has 5 nitrogen and oxygen atoms in total. The Kier molecular flexibility index (Phi) is 4.20. The molecule has 1 aliphatic rings. The molecular weight excluding hydrogens is 350 g/mol. The summed E-state index contributed by atoms with van der Waals surface area (Å²) in [7, 11) is 1.54. The Morgan fingerprint density at radius 3 is 2.88 bits per heavy atom. The van der Waals surface area contributed by atoms with Crippen LogP contribution in [0.25, 0.3) is 21.8 Å². The Morgan fingerprint density at radius 2 is 2.19 bits per heavy atom. The average Bonchev–Trinajstić information content (AvgIpc) is 3.28. The molecule has 134 valence electrons. The number of methoxy groups -OCH3 is 1. The molecule has 0 spiro atoms. The van der Waals surface area contributed by atoms with Crippen molar-refractivity contribution in [1.29, 1.82) is 0 Å². The summed E-state index contributed by atoms with van der Waals surface area (Å²) in [6.07, 6.45) is 0.800. The van der Waals surface area contributed by atoms with Gasteiger partial charge in [0, 0.05) is 17.8 Å². The SMILES string of the molecule is CCOC(=O)c1cc2n(c1-c1cccs1)CCc1cc(OC)c(O)cc1-2. The van der Waals surface area contributed by atoms with Gasteiger partial charge in [0.15, 0.2) is 11.5 Å². The van der Waals surface area contributed by atoms with Crippen molar-refractivity contribution in [2.24, 2.45) is 0 Å². The van der Waals surface area contributed by atoms with Crippen LogP contribution >= 0.6 is 11.3 Å². The summed E-state index contributed by atoms with van der Waals surface area (Å²) < 4.78 is 12.6. The molecule has 0 saturated carbocycles. The van der Waals surface area contributed by atoms with Crippen LogP contribution in [0.5, 0.6) is 11.5 Å². The summed E-state index contributed by atoms with van der Waals surface area (Å²) in [5.74, 6) is 0.237. The maximum atomic E-state index is 12.6. The fraction of sp³-hybridized carbons (Fsp3) is 0.250. The lowest BCUT2D eigenvalue weighted by atomic mass is 9.97. The maximum Gasteiger partial charge on any atom is 0.340 e. The number of carbonyl (C=O) groups is 1. The van der Waals surface area contributed by atoms with Gasteiger partial charge in [-0.25, -0.2) is 4.79 Å². The first-order chi connectivity index (χ1) is 12.6. The molecule has 0 radical (unpaired) electrons. The van der Waals surface area contributed by atoms with Gasteiger partial charge < -0.3 is 19.1 Å². The fourth-order valence-corrected chi connectivity index (χ4v) is 4.29. The van der Waals surface area contributed by atoms with E-state index in [-0.39, 0.29) is 11.7 Å². The lowest BCUT2D eigenvalue weighted by molar-refractivity contribution is 0.0527. The molecule has 0 unspecified atom stereocenters. The molecule has 4 rings (SSSR count). The van der Waals surface area contributed by atoms with E-state index < -0.39 is 0 Å². The first-order valence-electron chi connectivity index (χ1n) is 8.48. The van der Waals surface area contributed by atoms with Gasteiger partial charge in [0.05, 0.1) is 29.9 Å². The van der Waals surface area contributed by atoms with Gasteiger partial charge in [-0.2, -0.15) is 0 Å². The normalized spacial score (nSPS) is 12.4. The molecule has 0 aliphatic carbocycles. The quantitative estimate of drug-likeness (QED) is 0.696. The zero-order chi connectivity index (χ0) is 18.3. The second-order valence-electron chi connectivity index (χ2n) is 6.07. The maximum absolute atomic E-state index is 12.6. The average molecular weight is 369 g/mol. The van der Waals surface area contributed by atoms with E-state index in [1.807, 2.05) is 29.6 Å². The molecule has 1 N–H and O–H groups in total. The molecule has 0 fully saturated rings. The Morgan fingerprint density at radius 1 is 1.35 bits per heavy atom. The van der Waals surface area contributed by atoms with Crippen molar-refractivity contribution in [2.75, 3.05) is 13.7 Å². The summed E-state index contributed by atoms with van der Waals surface area (Å²) in [4.78, 5) is 13.6. The van der Waals surface area contributed by atoms with Crippen molar-refractivity contribution < 1.29 is 19.4 Å². The monoisotopic (exact) mass is 369 g/mol. The summed E-state index contributed by atoms with van der Waals surface area (Å²) in [5.41, 5.74) is 4.37. The number of ether oxygens (including phenoxy) is 2. The van der Waals surface area contributed by atoms with Gasteiger partial charge in [-0.1, -0.05) is 6.07 Å². The van der Waals surface area contributed by atoms with Gasteiger partial charge in [0.25, 0.3) is 0 Å². The molecule has 1 aromatic carbocycles. The molecule has 0 amide bonds. The third-order valence-corrected chi connectivity index (χ3v) is 5.51. The lowest BCUT2D eigenvalue weighted by Gasteiger charge is -2.22. The summed E-state index contributed by atoms with van der Waals surface area (Å²) >= 11 is 1.60. The molecule has 2 aromatic heterocycles. The Hall–Kier alpha value is -2.73. The van der Waals surface area contributed by atoms with E-state index in [0.29, 0.717) is 17.9 Å². The first kappa shape index (κ1) is 16.7. The van der Waals surface area contributed by atoms with Gasteiger partial charge >= 0.3 is 5.97 Å². The molecule has 3 aromatic rings. The van der Waals surface area contributed by atoms with Crippen LogP contribution in [0.3, 0.4) is 0 Å².